The molecular weight excluding hydrogens is 521 g/mol. The molecule has 0 amide bonds. The Morgan fingerprint density at radius 3 is 2.71 bits per heavy atom. The first-order valence-corrected chi connectivity index (χ1v) is 14.7. The number of halogens is 1. The van der Waals surface area contributed by atoms with E-state index in [-0.39, 0.29) is 11.4 Å². The second kappa shape index (κ2) is 11.1. The van der Waals surface area contributed by atoms with Crippen molar-refractivity contribution in [3.63, 3.8) is 0 Å². The van der Waals surface area contributed by atoms with Crippen LogP contribution in [0.5, 0.6) is 5.75 Å². The van der Waals surface area contributed by atoms with Gasteiger partial charge in [-0.3, -0.25) is 9.36 Å². The third-order valence-electron chi connectivity index (χ3n) is 9.88. The summed E-state index contributed by atoms with van der Waals surface area (Å²) in [5.41, 5.74) is 2.26. The van der Waals surface area contributed by atoms with Crippen molar-refractivity contribution in [2.75, 3.05) is 38.7 Å². The number of morpholine rings is 1. The Kier molecular flexibility index (Phi) is 7.49. The molecule has 4 fully saturated rings. The monoisotopic (exact) mass is 561 g/mol. The van der Waals surface area contributed by atoms with Crippen LogP contribution in [-0.2, 0) is 17.7 Å². The minimum absolute atomic E-state index is 0.143. The van der Waals surface area contributed by atoms with E-state index >= 15 is 0 Å². The first-order valence-electron chi connectivity index (χ1n) is 14.7. The molecule has 1 aromatic heterocycles. The highest BCUT2D eigenvalue weighted by atomic mass is 19.1. The standard InChI is InChI=1S/C32H40FN5O3/c1-20-26-15-22(32(26,2)3)16-28(20)36-31(37-11-13-41-14-12-37)35-23-6-8-25-29(17-23)34-19-38(30(25)39)10-9-21-5-7-24(40-4)18-27(21)33/h5-8,17-20,22,26,28H,9-16H2,1-4H3,(H,35,36)/t20-,22?,26+,28?/m0/s1. The third kappa shape index (κ3) is 5.32. The van der Waals surface area contributed by atoms with E-state index < -0.39 is 0 Å². The summed E-state index contributed by atoms with van der Waals surface area (Å²) >= 11 is 0. The molecule has 3 saturated carbocycles. The van der Waals surface area contributed by atoms with Crippen molar-refractivity contribution in [2.24, 2.45) is 28.2 Å². The molecule has 4 aliphatic rings. The first kappa shape index (κ1) is 27.7. The molecule has 0 spiro atoms. The molecule has 3 aliphatic carbocycles. The van der Waals surface area contributed by atoms with E-state index in [0.29, 0.717) is 71.7 Å². The van der Waals surface area contributed by atoms with Crippen LogP contribution in [0, 0.1) is 29.0 Å². The summed E-state index contributed by atoms with van der Waals surface area (Å²) in [4.78, 5) is 25.4. The number of nitrogens with one attached hydrogen (secondary N) is 1. The van der Waals surface area contributed by atoms with Gasteiger partial charge in [-0.15, -0.1) is 0 Å². The second-order valence-electron chi connectivity index (χ2n) is 12.4. The molecule has 4 atom stereocenters. The fourth-order valence-electron chi connectivity index (χ4n) is 7.04. The van der Waals surface area contributed by atoms with Gasteiger partial charge in [0.05, 0.1) is 43.6 Å². The van der Waals surface area contributed by atoms with Crippen molar-refractivity contribution in [1.29, 1.82) is 0 Å². The van der Waals surface area contributed by atoms with Crippen LogP contribution in [0.3, 0.4) is 0 Å². The Morgan fingerprint density at radius 2 is 2.00 bits per heavy atom. The molecule has 1 aliphatic heterocycles. The molecule has 3 aromatic rings. The Hall–Kier alpha value is -3.46. The zero-order valence-corrected chi connectivity index (χ0v) is 24.4. The average molecular weight is 562 g/mol. The van der Waals surface area contributed by atoms with Crippen molar-refractivity contribution in [3.8, 4) is 5.75 Å². The van der Waals surface area contributed by atoms with Gasteiger partial charge in [-0.25, -0.2) is 14.4 Å². The molecule has 41 heavy (non-hydrogen) atoms. The van der Waals surface area contributed by atoms with Crippen molar-refractivity contribution in [3.05, 3.63) is 64.5 Å². The SMILES string of the molecule is COc1ccc(CCn2cnc3cc(NC(=NC4CC5C[C@H]([C@@H]4C)C5(C)C)N4CCOCC4)ccc3c2=O)c(F)c1. The van der Waals surface area contributed by atoms with E-state index in [1.807, 2.05) is 18.2 Å². The van der Waals surface area contributed by atoms with Gasteiger partial charge in [-0.1, -0.05) is 26.8 Å². The van der Waals surface area contributed by atoms with Gasteiger partial charge in [-0.05, 0) is 72.3 Å². The van der Waals surface area contributed by atoms with Gasteiger partial charge in [0.2, 0.25) is 0 Å². The largest absolute Gasteiger partial charge is 0.497 e. The lowest BCUT2D eigenvalue weighted by atomic mass is 9.45. The van der Waals surface area contributed by atoms with Gasteiger partial charge < -0.3 is 19.7 Å². The molecule has 2 bridgehead atoms. The number of aromatic nitrogens is 2. The number of guanidine groups is 1. The topological polar surface area (TPSA) is 81.0 Å². The van der Waals surface area contributed by atoms with Crippen molar-refractivity contribution >= 4 is 22.5 Å². The highest BCUT2D eigenvalue weighted by Crippen LogP contribution is 2.61. The van der Waals surface area contributed by atoms with E-state index in [1.54, 1.807) is 18.5 Å². The maximum atomic E-state index is 14.4. The van der Waals surface area contributed by atoms with E-state index in [9.17, 15) is 9.18 Å². The number of benzene rings is 2. The van der Waals surface area contributed by atoms with Crippen LogP contribution < -0.4 is 15.6 Å². The summed E-state index contributed by atoms with van der Waals surface area (Å²) in [5, 5.41) is 4.10. The minimum atomic E-state index is -0.344. The maximum absolute atomic E-state index is 14.4. The number of fused-ring (bicyclic) bond motifs is 3. The summed E-state index contributed by atoms with van der Waals surface area (Å²) in [6.45, 7) is 10.5. The highest BCUT2D eigenvalue weighted by Gasteiger charge is 2.56. The number of methoxy groups -OCH3 is 1. The first-order chi connectivity index (χ1) is 19.7. The molecule has 2 aromatic carbocycles. The quantitative estimate of drug-likeness (QED) is 0.339. The van der Waals surface area contributed by atoms with Crippen molar-refractivity contribution in [2.45, 2.75) is 52.6 Å². The second-order valence-corrected chi connectivity index (χ2v) is 12.4. The van der Waals surface area contributed by atoms with Crippen LogP contribution in [0.25, 0.3) is 10.9 Å². The van der Waals surface area contributed by atoms with Crippen LogP contribution in [0.1, 0.15) is 39.2 Å². The third-order valence-corrected chi connectivity index (χ3v) is 9.88. The van der Waals surface area contributed by atoms with Crippen LogP contribution in [0.15, 0.2) is 52.5 Å². The molecule has 1 N–H and O–H groups in total. The lowest BCUT2D eigenvalue weighted by molar-refractivity contribution is -0.108. The summed E-state index contributed by atoms with van der Waals surface area (Å²) in [5.74, 6) is 2.99. The predicted octanol–water partition coefficient (Wildman–Crippen LogP) is 4.96. The highest BCUT2D eigenvalue weighted by molar-refractivity contribution is 5.96. The summed E-state index contributed by atoms with van der Waals surface area (Å²) in [6, 6.07) is 10.7. The molecule has 2 unspecified atom stereocenters. The number of hydrogen-bond acceptors (Lipinski definition) is 5. The normalized spacial score (nSPS) is 25.6. The Morgan fingerprint density at radius 1 is 1.20 bits per heavy atom. The number of ether oxygens (including phenoxy) is 2. The fourth-order valence-corrected chi connectivity index (χ4v) is 7.04. The molecule has 1 saturated heterocycles. The maximum Gasteiger partial charge on any atom is 0.261 e. The van der Waals surface area contributed by atoms with Gasteiger partial charge >= 0.3 is 0 Å². The lowest BCUT2D eigenvalue weighted by Gasteiger charge is -2.61. The van der Waals surface area contributed by atoms with Crippen LogP contribution in [0.4, 0.5) is 10.1 Å². The zero-order chi connectivity index (χ0) is 28.7. The summed E-state index contributed by atoms with van der Waals surface area (Å²) < 4.78 is 26.6. The van der Waals surface area contributed by atoms with Gasteiger partial charge in [0.1, 0.15) is 11.6 Å². The van der Waals surface area contributed by atoms with E-state index in [2.05, 4.69) is 36.0 Å². The summed E-state index contributed by atoms with van der Waals surface area (Å²) in [7, 11) is 1.51. The van der Waals surface area contributed by atoms with Gasteiger partial charge in [0.15, 0.2) is 5.96 Å². The number of hydrogen-bond donors (Lipinski definition) is 1. The van der Waals surface area contributed by atoms with Gasteiger partial charge in [0, 0.05) is 31.4 Å². The van der Waals surface area contributed by atoms with Crippen LogP contribution >= 0.6 is 0 Å². The number of anilines is 1. The Bertz CT molecular complexity index is 1510. The lowest BCUT2D eigenvalue weighted by Crippen LogP contribution is -2.56. The molecule has 9 heteroatoms. The number of aliphatic imine (C=N–C) groups is 1. The number of aryl methyl sites for hydroxylation is 2. The minimum Gasteiger partial charge on any atom is -0.497 e. The molecule has 0 radical (unpaired) electrons. The van der Waals surface area contributed by atoms with Crippen molar-refractivity contribution < 1.29 is 13.9 Å². The average Bonchev–Trinajstić information content (AvgIpc) is 2.98. The van der Waals surface area contributed by atoms with E-state index in [4.69, 9.17) is 14.5 Å². The van der Waals surface area contributed by atoms with Crippen molar-refractivity contribution in [1.82, 2.24) is 14.5 Å². The zero-order valence-electron chi connectivity index (χ0n) is 24.4. The van der Waals surface area contributed by atoms with E-state index in [0.717, 1.165) is 37.1 Å². The smallest absolute Gasteiger partial charge is 0.261 e. The Balaban J connectivity index is 1.21. The molecule has 7 rings (SSSR count). The van der Waals surface area contributed by atoms with Gasteiger partial charge in [-0.2, -0.15) is 0 Å². The van der Waals surface area contributed by atoms with Gasteiger partial charge in [0.25, 0.3) is 5.56 Å². The van der Waals surface area contributed by atoms with E-state index in [1.165, 1.54) is 24.2 Å². The molecule has 8 nitrogen and oxygen atoms in total. The Labute approximate surface area is 240 Å². The number of nitrogens with zero attached hydrogens (tertiary/aromatic N) is 4. The molecule has 2 heterocycles. The molecule has 218 valence electrons. The predicted molar refractivity (Wildman–Crippen MR) is 159 cm³/mol. The number of rotatable bonds is 6. The molecular formula is C32H40FN5O3. The van der Waals surface area contributed by atoms with Crippen LogP contribution in [0.2, 0.25) is 0 Å². The van der Waals surface area contributed by atoms with Crippen LogP contribution in [-0.4, -0.2) is 59.9 Å². The summed E-state index contributed by atoms with van der Waals surface area (Å²) in [6.07, 6.45) is 4.37. The fraction of sp³-hybridized carbons (Fsp3) is 0.531.